The third-order valence-corrected chi connectivity index (χ3v) is 4.89. The van der Waals surface area contributed by atoms with Crippen LogP contribution in [0.5, 0.6) is 17.2 Å². The fraction of sp³-hybridized carbons (Fsp3) is 0.238. The van der Waals surface area contributed by atoms with Crippen LogP contribution >= 0.6 is 11.3 Å². The van der Waals surface area contributed by atoms with E-state index in [0.29, 0.717) is 22.4 Å². The van der Waals surface area contributed by atoms with E-state index in [-0.39, 0.29) is 12.5 Å². The number of ether oxygens (including phenoxy) is 3. The Morgan fingerprint density at radius 2 is 1.82 bits per heavy atom. The molecule has 28 heavy (non-hydrogen) atoms. The van der Waals surface area contributed by atoms with E-state index in [9.17, 15) is 4.79 Å². The van der Waals surface area contributed by atoms with Gasteiger partial charge < -0.3 is 14.2 Å². The molecule has 1 aromatic heterocycles. The number of nitrogens with one attached hydrogen (secondary N) is 1. The molecule has 0 aliphatic heterocycles. The number of carbonyl (C=O) groups is 1. The second-order valence-corrected chi connectivity index (χ2v) is 6.80. The smallest absolute Gasteiger partial charge is 0.264 e. The molecule has 0 saturated heterocycles. The minimum Gasteiger partial charge on any atom is -0.493 e. The van der Waals surface area contributed by atoms with Crippen molar-refractivity contribution < 1.29 is 19.0 Å². The number of aryl methyl sites for hydroxylation is 1. The summed E-state index contributed by atoms with van der Waals surface area (Å²) in [7, 11) is 3.18. The first kappa shape index (κ1) is 19.7. The van der Waals surface area contributed by atoms with Crippen molar-refractivity contribution in [2.45, 2.75) is 13.3 Å². The van der Waals surface area contributed by atoms with Crippen LogP contribution in [0.2, 0.25) is 0 Å². The van der Waals surface area contributed by atoms with Crippen molar-refractivity contribution in [2.75, 3.05) is 26.1 Å². The summed E-state index contributed by atoms with van der Waals surface area (Å²) in [6, 6.07) is 13.3. The SMILES string of the molecule is CCc1ccc(OCC(=O)Nc2nc(-c3ccc(OC)c(OC)c3)cs2)cc1. The van der Waals surface area contributed by atoms with Crippen molar-refractivity contribution in [2.24, 2.45) is 0 Å². The van der Waals surface area contributed by atoms with Gasteiger partial charge in [0, 0.05) is 10.9 Å². The number of thiazole rings is 1. The summed E-state index contributed by atoms with van der Waals surface area (Å²) < 4.78 is 16.1. The maximum atomic E-state index is 12.1. The van der Waals surface area contributed by atoms with Gasteiger partial charge in [-0.25, -0.2) is 4.98 Å². The molecular weight excluding hydrogens is 376 g/mol. The molecule has 2 aromatic carbocycles. The number of amides is 1. The van der Waals surface area contributed by atoms with E-state index in [1.807, 2.05) is 47.8 Å². The van der Waals surface area contributed by atoms with E-state index < -0.39 is 0 Å². The van der Waals surface area contributed by atoms with Gasteiger partial charge in [-0.05, 0) is 42.3 Å². The number of benzene rings is 2. The van der Waals surface area contributed by atoms with Crippen LogP contribution in [0.3, 0.4) is 0 Å². The van der Waals surface area contributed by atoms with Gasteiger partial charge in [0.1, 0.15) is 5.75 Å². The number of carbonyl (C=O) groups excluding carboxylic acids is 1. The predicted molar refractivity (Wildman–Crippen MR) is 111 cm³/mol. The van der Waals surface area contributed by atoms with Crippen LogP contribution in [0, 0.1) is 0 Å². The molecule has 0 aliphatic rings. The first-order chi connectivity index (χ1) is 13.6. The molecule has 0 saturated carbocycles. The maximum absolute atomic E-state index is 12.1. The molecule has 1 heterocycles. The Morgan fingerprint density at radius 1 is 1.07 bits per heavy atom. The van der Waals surface area contributed by atoms with Gasteiger partial charge in [-0.15, -0.1) is 11.3 Å². The molecule has 1 N–H and O–H groups in total. The number of hydrogen-bond donors (Lipinski definition) is 1. The summed E-state index contributed by atoms with van der Waals surface area (Å²) >= 11 is 1.35. The third kappa shape index (κ3) is 4.80. The average molecular weight is 398 g/mol. The maximum Gasteiger partial charge on any atom is 0.264 e. The van der Waals surface area contributed by atoms with Gasteiger partial charge in [-0.2, -0.15) is 0 Å². The number of hydrogen-bond acceptors (Lipinski definition) is 6. The van der Waals surface area contributed by atoms with Gasteiger partial charge in [0.05, 0.1) is 19.9 Å². The van der Waals surface area contributed by atoms with Gasteiger partial charge in [0.15, 0.2) is 23.2 Å². The molecular formula is C21H22N2O4S. The minimum absolute atomic E-state index is 0.0727. The predicted octanol–water partition coefficient (Wildman–Crippen LogP) is 4.41. The van der Waals surface area contributed by atoms with Crippen molar-refractivity contribution in [1.82, 2.24) is 4.98 Å². The summed E-state index contributed by atoms with van der Waals surface area (Å²) in [5.74, 6) is 1.69. The van der Waals surface area contributed by atoms with Gasteiger partial charge in [-0.1, -0.05) is 19.1 Å². The van der Waals surface area contributed by atoms with Crippen LogP contribution in [0.4, 0.5) is 5.13 Å². The Labute approximate surface area is 168 Å². The van der Waals surface area contributed by atoms with E-state index in [0.717, 1.165) is 17.7 Å². The van der Waals surface area contributed by atoms with Crippen LogP contribution < -0.4 is 19.5 Å². The fourth-order valence-corrected chi connectivity index (χ4v) is 3.32. The lowest BCUT2D eigenvalue weighted by Crippen LogP contribution is -2.20. The Morgan fingerprint density at radius 3 is 2.50 bits per heavy atom. The molecule has 7 heteroatoms. The minimum atomic E-state index is -0.257. The van der Waals surface area contributed by atoms with Crippen molar-refractivity contribution in [3.05, 3.63) is 53.4 Å². The number of nitrogens with zero attached hydrogens (tertiary/aromatic N) is 1. The van der Waals surface area contributed by atoms with Crippen LogP contribution in [-0.2, 0) is 11.2 Å². The molecule has 0 aliphatic carbocycles. The van der Waals surface area contributed by atoms with Crippen molar-refractivity contribution in [1.29, 1.82) is 0 Å². The highest BCUT2D eigenvalue weighted by Crippen LogP contribution is 2.33. The topological polar surface area (TPSA) is 69.7 Å². The average Bonchev–Trinajstić information content (AvgIpc) is 3.20. The summed E-state index contributed by atoms with van der Waals surface area (Å²) in [6.07, 6.45) is 0.965. The lowest BCUT2D eigenvalue weighted by Gasteiger charge is -2.08. The van der Waals surface area contributed by atoms with Crippen molar-refractivity contribution in [3.8, 4) is 28.5 Å². The van der Waals surface area contributed by atoms with Gasteiger partial charge >= 0.3 is 0 Å². The van der Waals surface area contributed by atoms with Gasteiger partial charge in [-0.3, -0.25) is 10.1 Å². The highest BCUT2D eigenvalue weighted by molar-refractivity contribution is 7.14. The second-order valence-electron chi connectivity index (χ2n) is 5.94. The molecule has 0 unspecified atom stereocenters. The van der Waals surface area contributed by atoms with Crippen LogP contribution in [0.1, 0.15) is 12.5 Å². The first-order valence-electron chi connectivity index (χ1n) is 8.82. The van der Waals surface area contributed by atoms with Crippen molar-refractivity contribution >= 4 is 22.4 Å². The fourth-order valence-electron chi connectivity index (χ4n) is 2.58. The third-order valence-electron chi connectivity index (χ3n) is 4.13. The summed E-state index contributed by atoms with van der Waals surface area (Å²) in [5.41, 5.74) is 2.85. The second kappa shape index (κ2) is 9.23. The molecule has 1 amide bonds. The van der Waals surface area contributed by atoms with E-state index in [2.05, 4.69) is 17.2 Å². The molecule has 0 radical (unpaired) electrons. The number of rotatable bonds is 8. The molecule has 0 bridgehead atoms. The van der Waals surface area contributed by atoms with E-state index >= 15 is 0 Å². The zero-order valence-electron chi connectivity index (χ0n) is 16.0. The van der Waals surface area contributed by atoms with E-state index in [4.69, 9.17) is 14.2 Å². The first-order valence-corrected chi connectivity index (χ1v) is 9.70. The summed E-state index contributed by atoms with van der Waals surface area (Å²) in [5, 5.41) is 5.15. The van der Waals surface area contributed by atoms with Gasteiger partial charge in [0.25, 0.3) is 5.91 Å². The molecule has 0 spiro atoms. The molecule has 6 nitrogen and oxygen atoms in total. The standard InChI is InChI=1S/C21H22N2O4S/c1-4-14-5-8-16(9-6-14)27-12-20(24)23-21-22-17(13-28-21)15-7-10-18(25-2)19(11-15)26-3/h5-11,13H,4,12H2,1-3H3,(H,22,23,24). The Bertz CT molecular complexity index is 938. The van der Waals surface area contributed by atoms with Crippen LogP contribution in [0.25, 0.3) is 11.3 Å². The normalized spacial score (nSPS) is 10.4. The zero-order valence-corrected chi connectivity index (χ0v) is 16.8. The van der Waals surface area contributed by atoms with E-state index in [1.54, 1.807) is 14.2 Å². The number of anilines is 1. The Kier molecular flexibility index (Phi) is 6.49. The summed E-state index contributed by atoms with van der Waals surface area (Å²) in [6.45, 7) is 2.02. The molecule has 3 rings (SSSR count). The zero-order chi connectivity index (χ0) is 19.9. The Balaban J connectivity index is 1.60. The highest BCUT2D eigenvalue weighted by atomic mass is 32.1. The largest absolute Gasteiger partial charge is 0.493 e. The molecule has 0 fully saturated rings. The quantitative estimate of drug-likeness (QED) is 0.609. The number of methoxy groups -OCH3 is 2. The van der Waals surface area contributed by atoms with Crippen molar-refractivity contribution in [3.63, 3.8) is 0 Å². The monoisotopic (exact) mass is 398 g/mol. The van der Waals surface area contributed by atoms with E-state index in [1.165, 1.54) is 16.9 Å². The number of aromatic nitrogens is 1. The molecule has 146 valence electrons. The molecule has 0 atom stereocenters. The lowest BCUT2D eigenvalue weighted by molar-refractivity contribution is -0.118. The Hall–Kier alpha value is -3.06. The lowest BCUT2D eigenvalue weighted by atomic mass is 10.1. The highest BCUT2D eigenvalue weighted by Gasteiger charge is 2.11. The molecule has 3 aromatic rings. The van der Waals surface area contributed by atoms with Crippen LogP contribution in [-0.4, -0.2) is 31.7 Å². The van der Waals surface area contributed by atoms with Gasteiger partial charge in [0.2, 0.25) is 0 Å². The summed E-state index contributed by atoms with van der Waals surface area (Å²) in [4.78, 5) is 16.6. The van der Waals surface area contributed by atoms with Crippen LogP contribution in [0.15, 0.2) is 47.8 Å².